The van der Waals surface area contributed by atoms with Gasteiger partial charge in [0.2, 0.25) is 0 Å². The Kier molecular flexibility index (Phi) is 3.57. The lowest BCUT2D eigenvalue weighted by Crippen LogP contribution is -2.63. The minimum atomic E-state index is -0.728. The summed E-state index contributed by atoms with van der Waals surface area (Å²) < 4.78 is 5.28. The predicted molar refractivity (Wildman–Crippen MR) is 75.6 cm³/mol. The molecule has 1 aliphatic carbocycles. The largest absolute Gasteiger partial charge is 0.481 e. The van der Waals surface area contributed by atoms with Crippen LogP contribution in [0.2, 0.25) is 0 Å². The Morgan fingerprint density at radius 1 is 1.24 bits per heavy atom. The zero-order valence-corrected chi connectivity index (χ0v) is 11.8. The molecule has 0 unspecified atom stereocenters. The van der Waals surface area contributed by atoms with Gasteiger partial charge in [-0.1, -0.05) is 30.3 Å². The lowest BCUT2D eigenvalue weighted by Gasteiger charge is -2.58. The van der Waals surface area contributed by atoms with Gasteiger partial charge >= 0.3 is 12.1 Å². The average Bonchev–Trinajstić information content (AvgIpc) is 2.38. The highest BCUT2D eigenvalue weighted by Crippen LogP contribution is 2.53. The summed E-state index contributed by atoms with van der Waals surface area (Å²) in [6.07, 6.45) is 1.81. The van der Waals surface area contributed by atoms with Crippen molar-refractivity contribution in [2.45, 2.75) is 25.9 Å². The van der Waals surface area contributed by atoms with Crippen LogP contribution in [0.4, 0.5) is 4.79 Å². The molecular formula is C16H19NO4. The Balaban J connectivity index is 1.39. The monoisotopic (exact) mass is 289 g/mol. The van der Waals surface area contributed by atoms with Crippen molar-refractivity contribution in [3.63, 3.8) is 0 Å². The Morgan fingerprint density at radius 3 is 2.52 bits per heavy atom. The molecule has 1 aromatic rings. The van der Waals surface area contributed by atoms with Crippen LogP contribution in [0.15, 0.2) is 30.3 Å². The maximum Gasteiger partial charge on any atom is 0.410 e. The molecule has 1 aromatic carbocycles. The zero-order valence-electron chi connectivity index (χ0n) is 11.8. The van der Waals surface area contributed by atoms with Crippen molar-refractivity contribution >= 4 is 12.1 Å². The maximum absolute atomic E-state index is 11.9. The van der Waals surface area contributed by atoms with Crippen molar-refractivity contribution in [2.75, 3.05) is 13.1 Å². The number of hydrogen-bond donors (Lipinski definition) is 1. The van der Waals surface area contributed by atoms with E-state index in [2.05, 4.69) is 0 Å². The molecule has 3 rings (SSSR count). The van der Waals surface area contributed by atoms with Gasteiger partial charge in [0.05, 0.1) is 0 Å². The lowest BCUT2D eigenvalue weighted by molar-refractivity contribution is -0.143. The molecule has 112 valence electrons. The van der Waals surface area contributed by atoms with E-state index in [9.17, 15) is 9.59 Å². The molecule has 5 nitrogen and oxygen atoms in total. The number of amides is 1. The highest BCUT2D eigenvalue weighted by atomic mass is 16.6. The molecule has 0 bridgehead atoms. The van der Waals surface area contributed by atoms with Crippen LogP contribution in [0.25, 0.3) is 0 Å². The number of carboxylic acid groups (broad SMARTS) is 1. The fraction of sp³-hybridized carbons (Fsp3) is 0.500. The van der Waals surface area contributed by atoms with Gasteiger partial charge in [0.15, 0.2) is 0 Å². The molecule has 0 radical (unpaired) electrons. The Bertz CT molecular complexity index is 528. The summed E-state index contributed by atoms with van der Waals surface area (Å²) >= 11 is 0. The Morgan fingerprint density at radius 2 is 1.90 bits per heavy atom. The van der Waals surface area contributed by atoms with Gasteiger partial charge in [-0.2, -0.15) is 0 Å². The minimum Gasteiger partial charge on any atom is -0.481 e. The summed E-state index contributed by atoms with van der Waals surface area (Å²) in [4.78, 5) is 24.2. The van der Waals surface area contributed by atoms with Crippen LogP contribution in [0.1, 0.15) is 24.8 Å². The number of carbonyl (C=O) groups excluding carboxylic acids is 1. The second kappa shape index (κ2) is 5.39. The van der Waals surface area contributed by atoms with E-state index in [-0.39, 0.29) is 23.8 Å². The predicted octanol–water partition coefficient (Wildman–Crippen LogP) is 2.51. The molecule has 1 amide bonds. The molecule has 1 saturated heterocycles. The lowest BCUT2D eigenvalue weighted by atomic mass is 9.57. The van der Waals surface area contributed by atoms with E-state index >= 15 is 0 Å². The summed E-state index contributed by atoms with van der Waals surface area (Å²) in [5, 5.41) is 8.74. The quantitative estimate of drug-likeness (QED) is 0.925. The van der Waals surface area contributed by atoms with E-state index in [4.69, 9.17) is 9.84 Å². The van der Waals surface area contributed by atoms with Gasteiger partial charge in [-0.05, 0) is 24.3 Å². The van der Waals surface area contributed by atoms with Crippen molar-refractivity contribution < 1.29 is 19.4 Å². The maximum atomic E-state index is 11.9. The standard InChI is InChI=1S/C16H19NO4/c18-14(19)6-13-7-16(8-13)10-17(11-16)15(20)21-9-12-4-2-1-3-5-12/h1-5,13H,6-11H2,(H,18,19). The van der Waals surface area contributed by atoms with Crippen LogP contribution >= 0.6 is 0 Å². The molecule has 0 aromatic heterocycles. The molecule has 0 atom stereocenters. The molecule has 2 aliphatic rings. The number of nitrogens with zero attached hydrogens (tertiary/aromatic N) is 1. The summed E-state index contributed by atoms with van der Waals surface area (Å²) in [7, 11) is 0. The SMILES string of the molecule is O=C(O)CC1CC2(C1)CN(C(=O)OCc1ccccc1)C2. The van der Waals surface area contributed by atoms with E-state index in [0.29, 0.717) is 19.7 Å². The summed E-state index contributed by atoms with van der Waals surface area (Å²) in [6, 6.07) is 9.60. The van der Waals surface area contributed by atoms with Crippen molar-refractivity contribution in [1.82, 2.24) is 4.90 Å². The number of carbonyl (C=O) groups is 2. The summed E-state index contributed by atoms with van der Waals surface area (Å²) in [6.45, 7) is 1.71. The topological polar surface area (TPSA) is 66.8 Å². The minimum absolute atomic E-state index is 0.173. The van der Waals surface area contributed by atoms with Gasteiger partial charge in [0, 0.05) is 24.9 Å². The first-order chi connectivity index (χ1) is 10.1. The number of rotatable bonds is 4. The number of likely N-dealkylation sites (tertiary alicyclic amines) is 1. The van der Waals surface area contributed by atoms with Crippen LogP contribution in [0.5, 0.6) is 0 Å². The number of hydrogen-bond acceptors (Lipinski definition) is 3. The van der Waals surface area contributed by atoms with E-state index < -0.39 is 5.97 Å². The van der Waals surface area contributed by atoms with Crippen LogP contribution in [0.3, 0.4) is 0 Å². The van der Waals surface area contributed by atoms with E-state index in [1.807, 2.05) is 30.3 Å². The molecule has 5 heteroatoms. The third kappa shape index (κ3) is 3.01. The van der Waals surface area contributed by atoms with Gasteiger partial charge < -0.3 is 14.7 Å². The van der Waals surface area contributed by atoms with Gasteiger partial charge in [-0.3, -0.25) is 4.79 Å². The molecule has 1 heterocycles. The third-order valence-electron chi connectivity index (χ3n) is 4.42. The first kappa shape index (κ1) is 13.9. The highest BCUT2D eigenvalue weighted by molar-refractivity contribution is 5.69. The molecule has 1 saturated carbocycles. The fourth-order valence-electron chi connectivity index (χ4n) is 3.52. The molecule has 1 N–H and O–H groups in total. The van der Waals surface area contributed by atoms with Crippen LogP contribution in [-0.4, -0.2) is 35.2 Å². The van der Waals surface area contributed by atoms with E-state index in [0.717, 1.165) is 18.4 Å². The van der Waals surface area contributed by atoms with E-state index in [1.54, 1.807) is 4.90 Å². The normalized spacial score (nSPS) is 19.7. The first-order valence-electron chi connectivity index (χ1n) is 7.24. The smallest absolute Gasteiger partial charge is 0.410 e. The number of benzene rings is 1. The second-order valence-electron chi connectivity index (χ2n) is 6.27. The number of carboxylic acids is 1. The third-order valence-corrected chi connectivity index (χ3v) is 4.42. The average molecular weight is 289 g/mol. The van der Waals surface area contributed by atoms with E-state index in [1.165, 1.54) is 0 Å². The summed E-state index contributed by atoms with van der Waals surface area (Å²) in [5.41, 5.74) is 1.15. The molecular weight excluding hydrogens is 270 g/mol. The fourth-order valence-corrected chi connectivity index (χ4v) is 3.52. The van der Waals surface area contributed by atoms with Gasteiger partial charge in [0.1, 0.15) is 6.61 Å². The van der Waals surface area contributed by atoms with Crippen molar-refractivity contribution in [3.05, 3.63) is 35.9 Å². The van der Waals surface area contributed by atoms with Crippen molar-refractivity contribution in [3.8, 4) is 0 Å². The second-order valence-corrected chi connectivity index (χ2v) is 6.27. The van der Waals surface area contributed by atoms with Crippen molar-refractivity contribution in [1.29, 1.82) is 0 Å². The number of aliphatic carboxylic acids is 1. The van der Waals surface area contributed by atoms with Gasteiger partial charge in [0.25, 0.3) is 0 Å². The molecule has 1 aliphatic heterocycles. The van der Waals surface area contributed by atoms with Gasteiger partial charge in [-0.25, -0.2) is 4.79 Å². The molecule has 1 spiro atoms. The van der Waals surface area contributed by atoms with Crippen LogP contribution in [0, 0.1) is 11.3 Å². The zero-order chi connectivity index (χ0) is 14.9. The Labute approximate surface area is 123 Å². The van der Waals surface area contributed by atoms with Gasteiger partial charge in [-0.15, -0.1) is 0 Å². The highest BCUT2D eigenvalue weighted by Gasteiger charge is 2.54. The van der Waals surface area contributed by atoms with Crippen LogP contribution in [-0.2, 0) is 16.1 Å². The Hall–Kier alpha value is -2.04. The van der Waals surface area contributed by atoms with Crippen LogP contribution < -0.4 is 0 Å². The molecule has 2 fully saturated rings. The first-order valence-corrected chi connectivity index (χ1v) is 7.24. The summed E-state index contributed by atoms with van der Waals surface area (Å²) in [5.74, 6) is -0.446. The molecule has 21 heavy (non-hydrogen) atoms. The number of ether oxygens (including phenoxy) is 1. The van der Waals surface area contributed by atoms with Crippen molar-refractivity contribution in [2.24, 2.45) is 11.3 Å².